The van der Waals surface area contributed by atoms with Gasteiger partial charge in [-0.1, -0.05) is 6.07 Å². The maximum absolute atomic E-state index is 9.42. The maximum Gasteiger partial charge on any atom is 0.130 e. The van der Waals surface area contributed by atoms with Crippen molar-refractivity contribution >= 4 is 23.1 Å². The fraction of sp³-hybridized carbons (Fsp3) is 0.429. The summed E-state index contributed by atoms with van der Waals surface area (Å²) in [5, 5.41) is 20.5. The third kappa shape index (κ3) is 2.20. The van der Waals surface area contributed by atoms with E-state index in [0.29, 0.717) is 0 Å². The van der Waals surface area contributed by atoms with Gasteiger partial charge in [0.1, 0.15) is 11.5 Å². The molecule has 0 aromatic carbocycles. The van der Waals surface area contributed by atoms with E-state index in [1.807, 2.05) is 17.5 Å². The van der Waals surface area contributed by atoms with Crippen LogP contribution in [-0.2, 0) is 0 Å². The maximum atomic E-state index is 9.42. The van der Waals surface area contributed by atoms with Gasteiger partial charge in [-0.05, 0) is 17.7 Å². The van der Waals surface area contributed by atoms with Crippen LogP contribution in [0.25, 0.3) is 0 Å². The molecule has 4 heteroatoms. The Morgan fingerprint density at radius 3 is 2.73 bits per heavy atom. The summed E-state index contributed by atoms with van der Waals surface area (Å²) in [6.45, 7) is 0. The monoisotopic (exact) mass is 190 g/mol. The molecule has 0 amide bonds. The fourth-order valence-corrected chi connectivity index (χ4v) is 1.96. The summed E-state index contributed by atoms with van der Waals surface area (Å²) in [6.07, 6.45) is 1.02. The Labute approximate surface area is 73.9 Å². The van der Waals surface area contributed by atoms with Gasteiger partial charge in [0.2, 0.25) is 0 Å². The average Bonchev–Trinajstić information content (AvgIpc) is 2.53. The molecule has 1 aromatic heterocycles. The van der Waals surface area contributed by atoms with Crippen molar-refractivity contribution in [3.63, 3.8) is 0 Å². The lowest BCUT2D eigenvalue weighted by Gasteiger charge is -2.13. The molecule has 2 atom stereocenters. The summed E-state index contributed by atoms with van der Waals surface area (Å²) in [7, 11) is 0. The molecule has 0 bridgehead atoms. The number of hydrogen-bond acceptors (Lipinski definition) is 4. The second-order valence-corrected chi connectivity index (χ2v) is 4.02. The molecule has 0 unspecified atom stereocenters. The first-order valence-electron chi connectivity index (χ1n) is 3.18. The zero-order valence-electron chi connectivity index (χ0n) is 6.10. The van der Waals surface area contributed by atoms with Crippen molar-refractivity contribution in [2.24, 2.45) is 0 Å². The molecule has 0 spiro atoms. The van der Waals surface area contributed by atoms with Crippen molar-refractivity contribution in [3.8, 4) is 0 Å². The molecule has 1 heterocycles. The highest BCUT2D eigenvalue weighted by atomic mass is 32.2. The minimum atomic E-state index is -0.745. The van der Waals surface area contributed by atoms with Gasteiger partial charge < -0.3 is 10.2 Å². The van der Waals surface area contributed by atoms with Gasteiger partial charge in [-0.3, -0.25) is 0 Å². The summed E-state index contributed by atoms with van der Waals surface area (Å²) in [6, 6.07) is 3.67. The zero-order valence-corrected chi connectivity index (χ0v) is 7.73. The predicted octanol–water partition coefficient (Wildman–Crippen LogP) is 1.46. The SMILES string of the molecule is CS[C@@H](O)[C@@H](O)c1cccs1. The van der Waals surface area contributed by atoms with Crippen LogP contribution in [0.15, 0.2) is 17.5 Å². The molecule has 2 N–H and O–H groups in total. The van der Waals surface area contributed by atoms with Gasteiger partial charge in [0, 0.05) is 4.88 Å². The summed E-state index contributed by atoms with van der Waals surface area (Å²) in [5.41, 5.74) is -0.714. The number of aliphatic hydroxyl groups excluding tert-OH is 2. The molecule has 0 fully saturated rings. The van der Waals surface area contributed by atoms with E-state index in [2.05, 4.69) is 0 Å². The van der Waals surface area contributed by atoms with Gasteiger partial charge in [-0.2, -0.15) is 0 Å². The largest absolute Gasteiger partial charge is 0.384 e. The van der Waals surface area contributed by atoms with Crippen LogP contribution in [0.5, 0.6) is 0 Å². The van der Waals surface area contributed by atoms with Crippen LogP contribution >= 0.6 is 23.1 Å². The van der Waals surface area contributed by atoms with E-state index in [4.69, 9.17) is 0 Å². The van der Waals surface area contributed by atoms with Crippen molar-refractivity contribution < 1.29 is 10.2 Å². The predicted molar refractivity (Wildman–Crippen MR) is 48.8 cm³/mol. The highest BCUT2D eigenvalue weighted by Gasteiger charge is 2.17. The molecule has 0 saturated heterocycles. The van der Waals surface area contributed by atoms with Gasteiger partial charge in [0.05, 0.1) is 0 Å². The molecule has 1 rings (SSSR count). The van der Waals surface area contributed by atoms with E-state index in [-0.39, 0.29) is 0 Å². The van der Waals surface area contributed by atoms with Gasteiger partial charge in [0.15, 0.2) is 0 Å². The van der Waals surface area contributed by atoms with Crippen molar-refractivity contribution in [3.05, 3.63) is 22.4 Å². The molecule has 62 valence electrons. The van der Waals surface area contributed by atoms with E-state index in [1.54, 1.807) is 6.26 Å². The van der Waals surface area contributed by atoms with E-state index in [0.717, 1.165) is 4.88 Å². The quantitative estimate of drug-likeness (QED) is 0.709. The lowest BCUT2D eigenvalue weighted by atomic mass is 10.3. The van der Waals surface area contributed by atoms with Crippen molar-refractivity contribution in [2.45, 2.75) is 11.5 Å². The van der Waals surface area contributed by atoms with Crippen LogP contribution in [0.4, 0.5) is 0 Å². The number of rotatable bonds is 3. The molecule has 1 aromatic rings. The number of hydrogen-bond donors (Lipinski definition) is 2. The van der Waals surface area contributed by atoms with E-state index >= 15 is 0 Å². The second-order valence-electron chi connectivity index (χ2n) is 2.09. The van der Waals surface area contributed by atoms with Gasteiger partial charge in [-0.15, -0.1) is 23.1 Å². The molecule has 0 aliphatic carbocycles. The Kier molecular flexibility index (Phi) is 3.39. The van der Waals surface area contributed by atoms with Crippen molar-refractivity contribution in [1.82, 2.24) is 0 Å². The topological polar surface area (TPSA) is 40.5 Å². The van der Waals surface area contributed by atoms with Crippen LogP contribution in [0.2, 0.25) is 0 Å². The third-order valence-electron chi connectivity index (χ3n) is 1.35. The lowest BCUT2D eigenvalue weighted by Crippen LogP contribution is -2.12. The lowest BCUT2D eigenvalue weighted by molar-refractivity contribution is 0.0762. The van der Waals surface area contributed by atoms with Gasteiger partial charge >= 0.3 is 0 Å². The van der Waals surface area contributed by atoms with Crippen LogP contribution in [0, 0.1) is 0 Å². The fourth-order valence-electron chi connectivity index (χ4n) is 0.729. The summed E-state index contributed by atoms with van der Waals surface area (Å²) in [5.74, 6) is 0. The second kappa shape index (κ2) is 4.11. The molecule has 0 saturated carbocycles. The van der Waals surface area contributed by atoms with Crippen LogP contribution in [0.3, 0.4) is 0 Å². The van der Waals surface area contributed by atoms with Crippen molar-refractivity contribution in [2.75, 3.05) is 6.26 Å². The Balaban J connectivity index is 2.62. The average molecular weight is 190 g/mol. The van der Waals surface area contributed by atoms with Crippen LogP contribution < -0.4 is 0 Å². The molecule has 11 heavy (non-hydrogen) atoms. The molecule has 0 aliphatic heterocycles. The molecule has 2 nitrogen and oxygen atoms in total. The minimum Gasteiger partial charge on any atom is -0.384 e. The first-order chi connectivity index (χ1) is 5.25. The third-order valence-corrected chi connectivity index (χ3v) is 3.03. The van der Waals surface area contributed by atoms with E-state index < -0.39 is 11.5 Å². The Morgan fingerprint density at radius 1 is 1.55 bits per heavy atom. The van der Waals surface area contributed by atoms with Crippen LogP contribution in [0.1, 0.15) is 11.0 Å². The van der Waals surface area contributed by atoms with Crippen molar-refractivity contribution in [1.29, 1.82) is 0 Å². The Hall–Kier alpha value is -0.0300. The molecule has 0 aliphatic rings. The highest BCUT2D eigenvalue weighted by molar-refractivity contribution is 7.99. The van der Waals surface area contributed by atoms with Crippen LogP contribution in [-0.4, -0.2) is 21.9 Å². The van der Waals surface area contributed by atoms with Gasteiger partial charge in [-0.25, -0.2) is 0 Å². The number of aliphatic hydroxyl groups is 2. The van der Waals surface area contributed by atoms with E-state index in [1.165, 1.54) is 23.1 Å². The van der Waals surface area contributed by atoms with Gasteiger partial charge in [0.25, 0.3) is 0 Å². The standard InChI is InChI=1S/C7H10O2S2/c1-10-7(9)6(8)5-3-2-4-11-5/h2-4,6-9H,1H3/t6-,7+/m0/s1. The molecular weight excluding hydrogens is 180 g/mol. The number of thiophene rings is 1. The normalized spacial score (nSPS) is 16.3. The summed E-state index contributed by atoms with van der Waals surface area (Å²) >= 11 is 2.69. The summed E-state index contributed by atoms with van der Waals surface area (Å²) < 4.78 is 0. The first kappa shape index (κ1) is 9.06. The minimum absolute atomic E-state index is 0.714. The van der Waals surface area contributed by atoms with E-state index in [9.17, 15) is 10.2 Å². The highest BCUT2D eigenvalue weighted by Crippen LogP contribution is 2.26. The Bertz CT molecular complexity index is 198. The first-order valence-corrected chi connectivity index (χ1v) is 5.35. The number of thioether (sulfide) groups is 1. The molecule has 0 radical (unpaired) electrons. The zero-order chi connectivity index (χ0) is 8.27. The Morgan fingerprint density at radius 2 is 2.27 bits per heavy atom. The summed E-state index contributed by atoms with van der Waals surface area (Å²) in [4.78, 5) is 0.812. The molecular formula is C7H10O2S2. The smallest absolute Gasteiger partial charge is 0.130 e.